The molecule has 2 aromatic carbocycles. The first-order valence-electron chi connectivity index (χ1n) is 6.72. The minimum Gasteiger partial charge on any atom is -0.325 e. The van der Waals surface area contributed by atoms with Crippen molar-refractivity contribution < 1.29 is 14.4 Å². The highest BCUT2D eigenvalue weighted by Gasteiger charge is 2.18. The lowest BCUT2D eigenvalue weighted by Crippen LogP contribution is -2.34. The molecule has 0 aromatic heterocycles. The van der Waals surface area contributed by atoms with E-state index in [0.717, 1.165) is 5.56 Å². The number of carbonyl (C=O) groups is 3. The van der Waals surface area contributed by atoms with Crippen LogP contribution in [0.4, 0.5) is 16.2 Å². The molecule has 4 amide bonds. The third-order valence-electron chi connectivity index (χ3n) is 3.26. The first-order valence-corrected chi connectivity index (χ1v) is 6.72. The van der Waals surface area contributed by atoms with Gasteiger partial charge in [0.1, 0.15) is 0 Å². The Labute approximate surface area is 126 Å². The fraction of sp³-hybridized carbons (Fsp3) is 0.0625. The number of hydrogen-bond donors (Lipinski definition) is 3. The van der Waals surface area contributed by atoms with Crippen LogP contribution in [0.5, 0.6) is 0 Å². The molecule has 0 radical (unpaired) electrons. The number of carbonyl (C=O) groups excluding carboxylic acids is 3. The van der Waals surface area contributed by atoms with Crippen molar-refractivity contribution in [2.24, 2.45) is 0 Å². The molecule has 0 saturated carbocycles. The highest BCUT2D eigenvalue weighted by atomic mass is 16.2. The number of imide groups is 1. The predicted molar refractivity (Wildman–Crippen MR) is 81.7 cm³/mol. The highest BCUT2D eigenvalue weighted by molar-refractivity contribution is 6.08. The Balaban J connectivity index is 1.64. The van der Waals surface area contributed by atoms with Crippen LogP contribution in [0.2, 0.25) is 0 Å². The lowest BCUT2D eigenvalue weighted by Gasteiger charge is -2.08. The number of nitrogens with one attached hydrogen (secondary N) is 3. The Kier molecular flexibility index (Phi) is 3.57. The summed E-state index contributed by atoms with van der Waals surface area (Å²) >= 11 is 0. The van der Waals surface area contributed by atoms with Gasteiger partial charge in [-0.05, 0) is 29.8 Å². The summed E-state index contributed by atoms with van der Waals surface area (Å²) in [6, 6.07) is 12.9. The first kappa shape index (κ1) is 13.8. The molecule has 110 valence electrons. The third-order valence-corrected chi connectivity index (χ3v) is 3.26. The van der Waals surface area contributed by atoms with Crippen LogP contribution in [-0.2, 0) is 11.2 Å². The predicted octanol–water partition coefficient (Wildman–Crippen LogP) is 2.14. The van der Waals surface area contributed by atoms with E-state index in [4.69, 9.17) is 0 Å². The van der Waals surface area contributed by atoms with Gasteiger partial charge in [0.05, 0.1) is 6.42 Å². The van der Waals surface area contributed by atoms with Crippen LogP contribution >= 0.6 is 0 Å². The molecule has 0 spiro atoms. The molecule has 0 bridgehead atoms. The van der Waals surface area contributed by atoms with Gasteiger partial charge in [0, 0.05) is 16.9 Å². The Morgan fingerprint density at radius 1 is 1.05 bits per heavy atom. The van der Waals surface area contributed by atoms with Gasteiger partial charge < -0.3 is 10.6 Å². The van der Waals surface area contributed by atoms with Crippen molar-refractivity contribution in [2.75, 3.05) is 10.6 Å². The second kappa shape index (κ2) is 5.69. The quantitative estimate of drug-likeness (QED) is 0.793. The number of hydrogen-bond acceptors (Lipinski definition) is 3. The van der Waals surface area contributed by atoms with Crippen LogP contribution in [0.1, 0.15) is 15.9 Å². The summed E-state index contributed by atoms with van der Waals surface area (Å²) in [5, 5.41) is 7.51. The van der Waals surface area contributed by atoms with Gasteiger partial charge in [0.2, 0.25) is 5.91 Å². The zero-order valence-corrected chi connectivity index (χ0v) is 11.6. The molecule has 3 N–H and O–H groups in total. The smallest absolute Gasteiger partial charge is 0.325 e. The SMILES string of the molecule is O=C1Cc2ccc(NC(=O)NC(=O)c3ccccc3)cc2N1. The van der Waals surface area contributed by atoms with Crippen molar-refractivity contribution in [3.8, 4) is 0 Å². The standard InChI is InChI=1S/C16H13N3O3/c20-14-8-11-6-7-12(9-13(11)18-14)17-16(22)19-15(21)10-4-2-1-3-5-10/h1-7,9H,8H2,(H,18,20)(H2,17,19,21,22). The van der Waals surface area contributed by atoms with Crippen molar-refractivity contribution in [2.45, 2.75) is 6.42 Å². The number of fused-ring (bicyclic) bond motifs is 1. The third kappa shape index (κ3) is 2.95. The van der Waals surface area contributed by atoms with Gasteiger partial charge in [0.25, 0.3) is 5.91 Å². The van der Waals surface area contributed by atoms with Crippen molar-refractivity contribution in [1.82, 2.24) is 5.32 Å². The van der Waals surface area contributed by atoms with Crippen LogP contribution in [0.25, 0.3) is 0 Å². The topological polar surface area (TPSA) is 87.3 Å². The fourth-order valence-corrected chi connectivity index (χ4v) is 2.22. The molecule has 0 atom stereocenters. The summed E-state index contributed by atoms with van der Waals surface area (Å²) in [5.41, 5.74) is 2.46. The van der Waals surface area contributed by atoms with Gasteiger partial charge in [-0.25, -0.2) is 4.79 Å². The lowest BCUT2D eigenvalue weighted by atomic mass is 10.1. The Morgan fingerprint density at radius 3 is 2.59 bits per heavy atom. The van der Waals surface area contributed by atoms with E-state index in [-0.39, 0.29) is 5.91 Å². The molecule has 1 aliphatic rings. The van der Waals surface area contributed by atoms with Crippen LogP contribution < -0.4 is 16.0 Å². The van der Waals surface area contributed by atoms with E-state index in [1.165, 1.54) is 0 Å². The van der Waals surface area contributed by atoms with Gasteiger partial charge in [-0.15, -0.1) is 0 Å². The molecule has 1 aliphatic heterocycles. The van der Waals surface area contributed by atoms with Gasteiger partial charge in [-0.2, -0.15) is 0 Å². The Hall–Kier alpha value is -3.15. The monoisotopic (exact) mass is 295 g/mol. The molecule has 0 unspecified atom stereocenters. The van der Waals surface area contributed by atoms with Gasteiger partial charge in [-0.3, -0.25) is 14.9 Å². The van der Waals surface area contributed by atoms with E-state index in [0.29, 0.717) is 23.4 Å². The number of benzene rings is 2. The summed E-state index contributed by atoms with van der Waals surface area (Å²) in [6.07, 6.45) is 0.342. The number of urea groups is 1. The molecule has 0 saturated heterocycles. The molecular weight excluding hydrogens is 282 g/mol. The maximum Gasteiger partial charge on any atom is 0.326 e. The summed E-state index contributed by atoms with van der Waals surface area (Å²) < 4.78 is 0. The molecule has 22 heavy (non-hydrogen) atoms. The molecule has 0 aliphatic carbocycles. The van der Waals surface area contributed by atoms with E-state index in [1.807, 2.05) is 0 Å². The average Bonchev–Trinajstić information content (AvgIpc) is 2.87. The highest BCUT2D eigenvalue weighted by Crippen LogP contribution is 2.26. The average molecular weight is 295 g/mol. The normalized spacial score (nSPS) is 12.3. The molecule has 6 heteroatoms. The summed E-state index contributed by atoms with van der Waals surface area (Å²) in [7, 11) is 0. The second-order valence-electron chi connectivity index (χ2n) is 4.87. The van der Waals surface area contributed by atoms with Gasteiger partial charge in [-0.1, -0.05) is 24.3 Å². The van der Waals surface area contributed by atoms with E-state index >= 15 is 0 Å². The number of amides is 4. The van der Waals surface area contributed by atoms with E-state index in [1.54, 1.807) is 48.5 Å². The maximum atomic E-state index is 11.8. The zero-order chi connectivity index (χ0) is 15.5. The zero-order valence-electron chi connectivity index (χ0n) is 11.6. The Morgan fingerprint density at radius 2 is 1.82 bits per heavy atom. The van der Waals surface area contributed by atoms with E-state index < -0.39 is 11.9 Å². The van der Waals surface area contributed by atoms with Crippen LogP contribution in [0, 0.1) is 0 Å². The largest absolute Gasteiger partial charge is 0.326 e. The minimum atomic E-state index is -0.627. The van der Waals surface area contributed by atoms with E-state index in [2.05, 4.69) is 16.0 Å². The molecular formula is C16H13N3O3. The first-order chi connectivity index (χ1) is 10.6. The lowest BCUT2D eigenvalue weighted by molar-refractivity contribution is -0.115. The fourth-order valence-electron chi connectivity index (χ4n) is 2.22. The van der Waals surface area contributed by atoms with Gasteiger partial charge >= 0.3 is 6.03 Å². The number of anilines is 2. The van der Waals surface area contributed by atoms with E-state index in [9.17, 15) is 14.4 Å². The van der Waals surface area contributed by atoms with Crippen molar-refractivity contribution in [3.05, 3.63) is 59.7 Å². The molecule has 2 aromatic rings. The summed E-state index contributed by atoms with van der Waals surface area (Å²) in [5.74, 6) is -0.552. The summed E-state index contributed by atoms with van der Waals surface area (Å²) in [6.45, 7) is 0. The number of rotatable bonds is 2. The molecule has 0 fully saturated rings. The molecule has 6 nitrogen and oxygen atoms in total. The van der Waals surface area contributed by atoms with Crippen molar-refractivity contribution >= 4 is 29.2 Å². The minimum absolute atomic E-state index is 0.0733. The molecule has 3 rings (SSSR count). The van der Waals surface area contributed by atoms with Gasteiger partial charge in [0.15, 0.2) is 0 Å². The maximum absolute atomic E-state index is 11.8. The summed E-state index contributed by atoms with van der Waals surface area (Å²) in [4.78, 5) is 35.0. The van der Waals surface area contributed by atoms with Crippen LogP contribution in [-0.4, -0.2) is 17.8 Å². The Bertz CT molecular complexity index is 756. The van der Waals surface area contributed by atoms with Crippen LogP contribution in [0.3, 0.4) is 0 Å². The second-order valence-corrected chi connectivity index (χ2v) is 4.87. The van der Waals surface area contributed by atoms with Crippen molar-refractivity contribution in [3.63, 3.8) is 0 Å². The molecule has 1 heterocycles. The van der Waals surface area contributed by atoms with Crippen LogP contribution in [0.15, 0.2) is 48.5 Å². The van der Waals surface area contributed by atoms with Crippen molar-refractivity contribution in [1.29, 1.82) is 0 Å².